The van der Waals surface area contributed by atoms with Gasteiger partial charge < -0.3 is 10.0 Å². The van der Waals surface area contributed by atoms with Crippen molar-refractivity contribution in [2.75, 3.05) is 13.2 Å². The van der Waals surface area contributed by atoms with Crippen LogP contribution in [0.25, 0.3) is 0 Å². The van der Waals surface area contributed by atoms with Crippen LogP contribution in [0, 0.1) is 5.82 Å². The Morgan fingerprint density at radius 1 is 1.53 bits per heavy atom. The van der Waals surface area contributed by atoms with Gasteiger partial charge in [-0.3, -0.25) is 4.79 Å². The topological polar surface area (TPSA) is 40.5 Å². The molecule has 5 heteroatoms. The third kappa shape index (κ3) is 3.51. The molecule has 0 heterocycles. The number of carbonyl (C=O) groups excluding carboxylic acids is 1. The van der Waals surface area contributed by atoms with E-state index in [1.807, 2.05) is 13.8 Å². The Morgan fingerprint density at radius 3 is 2.71 bits per heavy atom. The zero-order valence-corrected chi connectivity index (χ0v) is 11.4. The Balaban J connectivity index is 3.04. The fourth-order valence-corrected chi connectivity index (χ4v) is 1.88. The first-order valence-corrected chi connectivity index (χ1v) is 6.13. The van der Waals surface area contributed by atoms with Crippen LogP contribution in [0.2, 0.25) is 0 Å². The second-order valence-electron chi connectivity index (χ2n) is 3.94. The van der Waals surface area contributed by atoms with Gasteiger partial charge in [-0.2, -0.15) is 0 Å². The standard InChI is InChI=1S/C12H15BrFNO2/c1-8(2)15(5-6-16)12(17)10-7-9(13)3-4-11(10)14/h3-4,7-8,16H,5-6H2,1-2H3. The van der Waals surface area contributed by atoms with E-state index in [1.165, 1.54) is 23.1 Å². The van der Waals surface area contributed by atoms with E-state index in [9.17, 15) is 9.18 Å². The minimum atomic E-state index is -0.554. The molecule has 0 aliphatic carbocycles. The lowest BCUT2D eigenvalue weighted by Crippen LogP contribution is -2.39. The maximum atomic E-state index is 13.6. The van der Waals surface area contributed by atoms with Gasteiger partial charge in [-0.25, -0.2) is 4.39 Å². The summed E-state index contributed by atoms with van der Waals surface area (Å²) in [6.07, 6.45) is 0. The molecule has 3 nitrogen and oxygen atoms in total. The minimum absolute atomic E-state index is 0.0153. The Bertz CT molecular complexity index is 409. The monoisotopic (exact) mass is 303 g/mol. The molecule has 0 radical (unpaired) electrons. The molecule has 0 aliphatic rings. The Kier molecular flexibility index (Phi) is 5.08. The summed E-state index contributed by atoms with van der Waals surface area (Å²) in [5.41, 5.74) is 0.0153. The first kappa shape index (κ1) is 14.1. The van der Waals surface area contributed by atoms with Gasteiger partial charge in [0.15, 0.2) is 0 Å². The average Bonchev–Trinajstić information content (AvgIpc) is 2.28. The second kappa shape index (κ2) is 6.12. The lowest BCUT2D eigenvalue weighted by Gasteiger charge is -2.26. The zero-order chi connectivity index (χ0) is 13.0. The van der Waals surface area contributed by atoms with E-state index in [0.717, 1.165) is 0 Å². The number of benzene rings is 1. The summed E-state index contributed by atoms with van der Waals surface area (Å²) >= 11 is 3.20. The third-order valence-corrected chi connectivity index (χ3v) is 2.88. The number of rotatable bonds is 4. The third-order valence-electron chi connectivity index (χ3n) is 2.38. The van der Waals surface area contributed by atoms with Gasteiger partial charge in [0.05, 0.1) is 12.2 Å². The lowest BCUT2D eigenvalue weighted by molar-refractivity contribution is 0.0660. The first-order valence-electron chi connectivity index (χ1n) is 5.34. The summed E-state index contributed by atoms with van der Waals surface area (Å²) in [5, 5.41) is 8.91. The summed E-state index contributed by atoms with van der Waals surface area (Å²) in [7, 11) is 0. The summed E-state index contributed by atoms with van der Waals surface area (Å²) in [5.74, 6) is -0.963. The largest absolute Gasteiger partial charge is 0.395 e. The van der Waals surface area contributed by atoms with Gasteiger partial charge in [-0.1, -0.05) is 15.9 Å². The number of hydrogen-bond acceptors (Lipinski definition) is 2. The summed E-state index contributed by atoms with van der Waals surface area (Å²) in [6, 6.07) is 4.14. The highest BCUT2D eigenvalue weighted by molar-refractivity contribution is 9.10. The highest BCUT2D eigenvalue weighted by atomic mass is 79.9. The number of carbonyl (C=O) groups is 1. The van der Waals surface area contributed by atoms with Crippen molar-refractivity contribution in [2.24, 2.45) is 0 Å². The summed E-state index contributed by atoms with van der Waals surface area (Å²) in [4.78, 5) is 13.5. The SMILES string of the molecule is CC(C)N(CCO)C(=O)c1cc(Br)ccc1F. The molecular formula is C12H15BrFNO2. The van der Waals surface area contributed by atoms with Crippen LogP contribution in [0.4, 0.5) is 4.39 Å². The average molecular weight is 304 g/mol. The molecular weight excluding hydrogens is 289 g/mol. The summed E-state index contributed by atoms with van der Waals surface area (Å²) in [6.45, 7) is 3.70. The smallest absolute Gasteiger partial charge is 0.257 e. The molecule has 17 heavy (non-hydrogen) atoms. The van der Waals surface area contributed by atoms with Crippen LogP contribution in [-0.4, -0.2) is 35.1 Å². The molecule has 0 aromatic heterocycles. The number of nitrogens with zero attached hydrogens (tertiary/aromatic N) is 1. The van der Waals surface area contributed by atoms with Gasteiger partial charge in [-0.05, 0) is 32.0 Å². The van der Waals surface area contributed by atoms with E-state index in [0.29, 0.717) is 4.47 Å². The van der Waals surface area contributed by atoms with Crippen LogP contribution >= 0.6 is 15.9 Å². The Morgan fingerprint density at radius 2 is 2.18 bits per heavy atom. The molecule has 0 saturated carbocycles. The molecule has 0 fully saturated rings. The van der Waals surface area contributed by atoms with Crippen molar-refractivity contribution in [3.63, 3.8) is 0 Å². The van der Waals surface area contributed by atoms with Crippen LogP contribution in [-0.2, 0) is 0 Å². The lowest BCUT2D eigenvalue weighted by atomic mass is 10.1. The fourth-order valence-electron chi connectivity index (χ4n) is 1.52. The van der Waals surface area contributed by atoms with Gasteiger partial charge in [0.2, 0.25) is 0 Å². The molecule has 1 N–H and O–H groups in total. The van der Waals surface area contributed by atoms with Crippen molar-refractivity contribution in [3.05, 3.63) is 34.1 Å². The molecule has 94 valence electrons. The van der Waals surface area contributed by atoms with Crippen LogP contribution in [0.3, 0.4) is 0 Å². The second-order valence-corrected chi connectivity index (χ2v) is 4.86. The van der Waals surface area contributed by atoms with E-state index in [1.54, 1.807) is 0 Å². The fraction of sp³-hybridized carbons (Fsp3) is 0.417. The predicted molar refractivity (Wildman–Crippen MR) is 67.4 cm³/mol. The molecule has 0 bridgehead atoms. The normalized spacial score (nSPS) is 10.7. The van der Waals surface area contributed by atoms with Crippen molar-refractivity contribution < 1.29 is 14.3 Å². The zero-order valence-electron chi connectivity index (χ0n) is 9.78. The number of halogens is 2. The van der Waals surface area contributed by atoms with Crippen molar-refractivity contribution in [2.45, 2.75) is 19.9 Å². The predicted octanol–water partition coefficient (Wildman–Crippen LogP) is 2.43. The summed E-state index contributed by atoms with van der Waals surface area (Å²) < 4.78 is 14.2. The van der Waals surface area contributed by atoms with Gasteiger partial charge in [0.1, 0.15) is 5.82 Å². The molecule has 1 aromatic carbocycles. The van der Waals surface area contributed by atoms with Crippen LogP contribution in [0.1, 0.15) is 24.2 Å². The molecule has 1 aromatic rings. The van der Waals surface area contributed by atoms with E-state index in [-0.39, 0.29) is 24.8 Å². The molecule has 0 spiro atoms. The molecule has 0 saturated heterocycles. The molecule has 0 aliphatic heterocycles. The molecule has 1 rings (SSSR count). The quantitative estimate of drug-likeness (QED) is 0.928. The number of hydrogen-bond donors (Lipinski definition) is 1. The molecule has 0 unspecified atom stereocenters. The van der Waals surface area contributed by atoms with Gasteiger partial charge in [0, 0.05) is 17.1 Å². The highest BCUT2D eigenvalue weighted by Crippen LogP contribution is 2.18. The van der Waals surface area contributed by atoms with E-state index in [2.05, 4.69) is 15.9 Å². The van der Waals surface area contributed by atoms with Crippen molar-refractivity contribution in [3.8, 4) is 0 Å². The van der Waals surface area contributed by atoms with E-state index >= 15 is 0 Å². The highest BCUT2D eigenvalue weighted by Gasteiger charge is 2.21. The molecule has 1 amide bonds. The Hall–Kier alpha value is -0.940. The van der Waals surface area contributed by atoms with E-state index in [4.69, 9.17) is 5.11 Å². The van der Waals surface area contributed by atoms with Crippen LogP contribution in [0.15, 0.2) is 22.7 Å². The van der Waals surface area contributed by atoms with Crippen LogP contribution < -0.4 is 0 Å². The number of amides is 1. The van der Waals surface area contributed by atoms with Gasteiger partial charge >= 0.3 is 0 Å². The first-order chi connectivity index (χ1) is 7.97. The number of aliphatic hydroxyl groups is 1. The minimum Gasteiger partial charge on any atom is -0.395 e. The van der Waals surface area contributed by atoms with Crippen molar-refractivity contribution >= 4 is 21.8 Å². The maximum Gasteiger partial charge on any atom is 0.257 e. The van der Waals surface area contributed by atoms with Crippen molar-refractivity contribution in [1.82, 2.24) is 4.90 Å². The van der Waals surface area contributed by atoms with Crippen molar-refractivity contribution in [1.29, 1.82) is 0 Å². The van der Waals surface area contributed by atoms with Crippen LogP contribution in [0.5, 0.6) is 0 Å². The maximum absolute atomic E-state index is 13.6. The van der Waals surface area contributed by atoms with Gasteiger partial charge in [0.25, 0.3) is 5.91 Å². The van der Waals surface area contributed by atoms with Gasteiger partial charge in [-0.15, -0.1) is 0 Å². The molecule has 0 atom stereocenters. The number of aliphatic hydroxyl groups excluding tert-OH is 1. The Labute approximate surface area is 108 Å². The van der Waals surface area contributed by atoms with E-state index < -0.39 is 11.7 Å².